The van der Waals surface area contributed by atoms with Crippen LogP contribution < -0.4 is 14.5 Å². The Morgan fingerprint density at radius 2 is 1.82 bits per heavy atom. The summed E-state index contributed by atoms with van der Waals surface area (Å²) in [6.45, 7) is 2.14. The van der Waals surface area contributed by atoms with Crippen molar-refractivity contribution in [2.45, 2.75) is 13.5 Å². The number of nitrogens with one attached hydrogen (secondary N) is 1. The van der Waals surface area contributed by atoms with Crippen LogP contribution in [0.1, 0.15) is 27.0 Å². The van der Waals surface area contributed by atoms with E-state index in [1.807, 2.05) is 43.3 Å². The first-order chi connectivity index (χ1) is 15.7. The Bertz CT molecular complexity index is 1280. The lowest BCUT2D eigenvalue weighted by Gasteiger charge is -2.23. The number of aryl methyl sites for hydroxylation is 1. The van der Waals surface area contributed by atoms with E-state index in [9.17, 15) is 13.2 Å². The first-order valence-corrected chi connectivity index (χ1v) is 12.6. The van der Waals surface area contributed by atoms with Crippen molar-refractivity contribution in [2.24, 2.45) is 5.10 Å². The van der Waals surface area contributed by atoms with E-state index in [4.69, 9.17) is 4.74 Å². The van der Waals surface area contributed by atoms with Crippen LogP contribution in [0.2, 0.25) is 0 Å². The maximum absolute atomic E-state index is 12.5. The summed E-state index contributed by atoms with van der Waals surface area (Å²) in [6, 6.07) is 19.4. The monoisotopic (exact) mass is 529 g/mol. The number of rotatable bonds is 8. The van der Waals surface area contributed by atoms with Crippen molar-refractivity contribution in [2.75, 3.05) is 17.7 Å². The van der Waals surface area contributed by atoms with Gasteiger partial charge in [-0.2, -0.15) is 5.10 Å². The van der Waals surface area contributed by atoms with Gasteiger partial charge >= 0.3 is 0 Å². The van der Waals surface area contributed by atoms with E-state index in [2.05, 4.69) is 26.5 Å². The molecule has 0 aliphatic carbocycles. The molecule has 0 saturated carbocycles. The number of anilines is 1. The molecule has 0 radical (unpaired) electrons. The number of benzene rings is 3. The van der Waals surface area contributed by atoms with Crippen LogP contribution in [0.25, 0.3) is 0 Å². The molecule has 172 valence electrons. The number of nitrogens with zero attached hydrogens (tertiary/aromatic N) is 2. The number of carbonyl (C=O) groups is 1. The van der Waals surface area contributed by atoms with Gasteiger partial charge in [0.15, 0.2) is 0 Å². The number of amides is 1. The summed E-state index contributed by atoms with van der Waals surface area (Å²) in [6.07, 6.45) is 2.65. The molecule has 1 N–H and O–H groups in total. The van der Waals surface area contributed by atoms with Gasteiger partial charge in [-0.05, 0) is 60.5 Å². The number of methoxy groups -OCH3 is 1. The Hall–Kier alpha value is -3.17. The standard InChI is InChI=1S/C24H24BrN3O4S/c1-17-6-4-5-7-19(17)16-28(33(3,30)31)22-11-8-18(9-12-22)24(29)27-26-15-20-14-21(25)10-13-23(20)32-2/h4-15H,16H2,1-3H3,(H,27,29)/b26-15-. The summed E-state index contributed by atoms with van der Waals surface area (Å²) in [5, 5.41) is 4.00. The van der Waals surface area contributed by atoms with Crippen LogP contribution in [-0.4, -0.2) is 33.9 Å². The molecule has 0 heterocycles. The average Bonchev–Trinajstić information content (AvgIpc) is 2.78. The number of sulfonamides is 1. The zero-order valence-corrected chi connectivity index (χ0v) is 20.9. The van der Waals surface area contributed by atoms with Crippen LogP contribution in [0.15, 0.2) is 76.3 Å². The Kier molecular flexibility index (Phi) is 7.88. The highest BCUT2D eigenvalue weighted by Gasteiger charge is 2.19. The number of halogens is 1. The average molecular weight is 530 g/mol. The van der Waals surface area contributed by atoms with Gasteiger partial charge in [0.2, 0.25) is 10.0 Å². The van der Waals surface area contributed by atoms with E-state index in [0.717, 1.165) is 21.9 Å². The molecule has 0 bridgehead atoms. The highest BCUT2D eigenvalue weighted by Crippen LogP contribution is 2.23. The van der Waals surface area contributed by atoms with Crippen molar-refractivity contribution in [3.63, 3.8) is 0 Å². The van der Waals surface area contributed by atoms with E-state index in [0.29, 0.717) is 22.6 Å². The van der Waals surface area contributed by atoms with Crippen molar-refractivity contribution in [3.05, 3.63) is 93.5 Å². The van der Waals surface area contributed by atoms with Crippen molar-refractivity contribution >= 4 is 43.8 Å². The molecule has 9 heteroatoms. The van der Waals surface area contributed by atoms with Crippen LogP contribution >= 0.6 is 15.9 Å². The largest absolute Gasteiger partial charge is 0.496 e. The molecule has 3 rings (SSSR count). The predicted octanol–water partition coefficient (Wildman–Crippen LogP) is 4.50. The van der Waals surface area contributed by atoms with Gasteiger partial charge < -0.3 is 4.74 Å². The zero-order chi connectivity index (χ0) is 24.0. The minimum Gasteiger partial charge on any atom is -0.496 e. The van der Waals surface area contributed by atoms with Gasteiger partial charge in [0.05, 0.1) is 31.8 Å². The van der Waals surface area contributed by atoms with Gasteiger partial charge in [-0.3, -0.25) is 9.10 Å². The smallest absolute Gasteiger partial charge is 0.271 e. The summed E-state index contributed by atoms with van der Waals surface area (Å²) in [5.41, 5.74) is 5.90. The summed E-state index contributed by atoms with van der Waals surface area (Å²) in [4.78, 5) is 12.5. The Labute approximate surface area is 202 Å². The molecule has 1 amide bonds. The van der Waals surface area contributed by atoms with Gasteiger partial charge in [0.25, 0.3) is 5.91 Å². The number of hydrazone groups is 1. The minimum atomic E-state index is -3.53. The molecule has 0 saturated heterocycles. The number of ether oxygens (including phenoxy) is 1. The summed E-state index contributed by atoms with van der Waals surface area (Å²) in [7, 11) is -1.97. The molecule has 0 spiro atoms. The summed E-state index contributed by atoms with van der Waals surface area (Å²) < 4.78 is 32.3. The number of hydrogen-bond donors (Lipinski definition) is 1. The number of hydrogen-bond acceptors (Lipinski definition) is 5. The Balaban J connectivity index is 1.74. The molecule has 0 atom stereocenters. The molecular weight excluding hydrogens is 506 g/mol. The normalized spacial score (nSPS) is 11.4. The highest BCUT2D eigenvalue weighted by atomic mass is 79.9. The third-order valence-corrected chi connectivity index (χ3v) is 6.59. The van der Waals surface area contributed by atoms with Crippen LogP contribution in [-0.2, 0) is 16.6 Å². The van der Waals surface area contributed by atoms with E-state index in [1.54, 1.807) is 37.4 Å². The maximum Gasteiger partial charge on any atom is 0.271 e. The van der Waals surface area contributed by atoms with Crippen LogP contribution in [0.3, 0.4) is 0 Å². The fourth-order valence-electron chi connectivity index (χ4n) is 3.15. The molecule has 3 aromatic carbocycles. The fourth-order valence-corrected chi connectivity index (χ4v) is 4.41. The summed E-state index contributed by atoms with van der Waals surface area (Å²) >= 11 is 3.39. The van der Waals surface area contributed by atoms with Crippen LogP contribution in [0.4, 0.5) is 5.69 Å². The molecule has 3 aromatic rings. The molecule has 0 fully saturated rings. The SMILES string of the molecule is COc1ccc(Br)cc1/C=N\NC(=O)c1ccc(N(Cc2ccccc2C)S(C)(=O)=O)cc1. The van der Waals surface area contributed by atoms with Gasteiger partial charge in [0.1, 0.15) is 5.75 Å². The van der Waals surface area contributed by atoms with E-state index < -0.39 is 15.9 Å². The van der Waals surface area contributed by atoms with Crippen molar-refractivity contribution in [1.82, 2.24) is 5.43 Å². The quantitative estimate of drug-likeness (QED) is 0.343. The van der Waals surface area contributed by atoms with Crippen molar-refractivity contribution < 1.29 is 17.9 Å². The van der Waals surface area contributed by atoms with E-state index >= 15 is 0 Å². The highest BCUT2D eigenvalue weighted by molar-refractivity contribution is 9.10. The second kappa shape index (κ2) is 10.6. The lowest BCUT2D eigenvalue weighted by Crippen LogP contribution is -2.29. The first kappa shape index (κ1) is 24.5. The molecule has 7 nitrogen and oxygen atoms in total. The summed E-state index contributed by atoms with van der Waals surface area (Å²) in [5.74, 6) is 0.201. The van der Waals surface area contributed by atoms with Gasteiger partial charge in [-0.15, -0.1) is 0 Å². The van der Waals surface area contributed by atoms with E-state index in [1.165, 1.54) is 10.5 Å². The molecule has 0 aromatic heterocycles. The fraction of sp³-hybridized carbons (Fsp3) is 0.167. The zero-order valence-electron chi connectivity index (χ0n) is 18.4. The van der Waals surface area contributed by atoms with Crippen LogP contribution in [0.5, 0.6) is 5.75 Å². The van der Waals surface area contributed by atoms with Crippen molar-refractivity contribution in [1.29, 1.82) is 0 Å². The lowest BCUT2D eigenvalue weighted by atomic mass is 10.1. The van der Waals surface area contributed by atoms with Crippen LogP contribution in [0, 0.1) is 6.92 Å². The Morgan fingerprint density at radius 1 is 1.12 bits per heavy atom. The maximum atomic E-state index is 12.5. The molecule has 33 heavy (non-hydrogen) atoms. The second-order valence-electron chi connectivity index (χ2n) is 7.33. The van der Waals surface area contributed by atoms with E-state index in [-0.39, 0.29) is 6.54 Å². The van der Waals surface area contributed by atoms with Gasteiger partial charge in [-0.1, -0.05) is 40.2 Å². The van der Waals surface area contributed by atoms with Crippen molar-refractivity contribution in [3.8, 4) is 5.75 Å². The Morgan fingerprint density at radius 3 is 2.45 bits per heavy atom. The molecule has 0 aliphatic heterocycles. The predicted molar refractivity (Wildman–Crippen MR) is 134 cm³/mol. The third-order valence-electron chi connectivity index (χ3n) is 4.95. The molecular formula is C24H24BrN3O4S. The lowest BCUT2D eigenvalue weighted by molar-refractivity contribution is 0.0955. The molecule has 0 aliphatic rings. The second-order valence-corrected chi connectivity index (χ2v) is 10.2. The number of carbonyl (C=O) groups excluding carboxylic acids is 1. The minimum absolute atomic E-state index is 0.204. The third kappa shape index (κ3) is 6.43. The first-order valence-electron chi connectivity index (χ1n) is 9.98. The van der Waals surface area contributed by atoms with Gasteiger partial charge in [-0.25, -0.2) is 13.8 Å². The van der Waals surface area contributed by atoms with Gasteiger partial charge in [0, 0.05) is 15.6 Å². The molecule has 0 unspecified atom stereocenters. The topological polar surface area (TPSA) is 88.1 Å².